The Morgan fingerprint density at radius 3 is 1.90 bits per heavy atom. The molecule has 0 aromatic heterocycles. The molecule has 0 aromatic carbocycles. The third-order valence-electron chi connectivity index (χ3n) is 1.79. The van der Waals surface area contributed by atoms with Crippen molar-refractivity contribution in [2.75, 3.05) is 19.8 Å². The van der Waals surface area contributed by atoms with Crippen molar-refractivity contribution in [2.24, 2.45) is 5.41 Å². The number of hydrogen-bond donors (Lipinski definition) is 3. The zero-order valence-corrected chi connectivity index (χ0v) is 6.08. The van der Waals surface area contributed by atoms with Crippen LogP contribution in [0.15, 0.2) is 0 Å². The molecule has 0 bridgehead atoms. The van der Waals surface area contributed by atoms with Crippen LogP contribution in [-0.4, -0.2) is 35.3 Å². The molecule has 62 valence electrons. The first-order valence-corrected chi connectivity index (χ1v) is 3.23. The lowest BCUT2D eigenvalue weighted by Crippen LogP contribution is -2.33. The van der Waals surface area contributed by atoms with Gasteiger partial charge in [0.05, 0.1) is 19.8 Å². The van der Waals surface area contributed by atoms with Gasteiger partial charge < -0.3 is 10.2 Å². The summed E-state index contributed by atoms with van der Waals surface area (Å²) in [6, 6.07) is 0. The molecule has 4 heteroatoms. The summed E-state index contributed by atoms with van der Waals surface area (Å²) < 4.78 is 0. The van der Waals surface area contributed by atoms with Crippen LogP contribution in [-0.2, 0) is 4.89 Å². The summed E-state index contributed by atoms with van der Waals surface area (Å²) >= 11 is 0. The zero-order valence-electron chi connectivity index (χ0n) is 6.08. The maximum atomic E-state index is 8.76. The summed E-state index contributed by atoms with van der Waals surface area (Å²) in [5, 5.41) is 25.6. The van der Waals surface area contributed by atoms with Gasteiger partial charge in [-0.1, -0.05) is 6.92 Å². The second-order valence-corrected chi connectivity index (χ2v) is 2.44. The molecule has 0 spiro atoms. The van der Waals surface area contributed by atoms with Gasteiger partial charge in [-0.2, -0.15) is 0 Å². The van der Waals surface area contributed by atoms with Gasteiger partial charge >= 0.3 is 0 Å². The molecule has 0 heterocycles. The lowest BCUT2D eigenvalue weighted by Gasteiger charge is -2.25. The largest absolute Gasteiger partial charge is 0.396 e. The van der Waals surface area contributed by atoms with Crippen LogP contribution in [0.25, 0.3) is 0 Å². The molecular formula is C6H14O4. The predicted molar refractivity (Wildman–Crippen MR) is 35.5 cm³/mol. The molecule has 3 N–H and O–H groups in total. The van der Waals surface area contributed by atoms with E-state index in [4.69, 9.17) is 15.5 Å². The van der Waals surface area contributed by atoms with E-state index < -0.39 is 5.41 Å². The fourth-order valence-corrected chi connectivity index (χ4v) is 0.604. The monoisotopic (exact) mass is 150 g/mol. The van der Waals surface area contributed by atoms with Crippen LogP contribution in [0, 0.1) is 5.41 Å². The van der Waals surface area contributed by atoms with Crippen molar-refractivity contribution < 1.29 is 20.4 Å². The second kappa shape index (κ2) is 4.62. The van der Waals surface area contributed by atoms with E-state index >= 15 is 0 Å². The van der Waals surface area contributed by atoms with E-state index in [1.165, 1.54) is 0 Å². The van der Waals surface area contributed by atoms with Crippen molar-refractivity contribution in [1.82, 2.24) is 0 Å². The van der Waals surface area contributed by atoms with Gasteiger partial charge in [0.25, 0.3) is 0 Å². The van der Waals surface area contributed by atoms with E-state index in [0.29, 0.717) is 6.42 Å². The van der Waals surface area contributed by atoms with E-state index in [1.807, 2.05) is 6.92 Å². The Balaban J connectivity index is 3.87. The summed E-state index contributed by atoms with van der Waals surface area (Å²) in [7, 11) is 0. The van der Waals surface area contributed by atoms with Gasteiger partial charge in [-0.3, -0.25) is 5.26 Å². The molecule has 0 fully saturated rings. The maximum absolute atomic E-state index is 8.76. The van der Waals surface area contributed by atoms with Crippen LogP contribution in [0.5, 0.6) is 0 Å². The highest BCUT2D eigenvalue weighted by molar-refractivity contribution is 4.74. The predicted octanol–water partition coefficient (Wildman–Crippen LogP) is -0.143. The Hall–Kier alpha value is -0.160. The molecule has 0 aliphatic rings. The molecule has 0 rings (SSSR count). The molecule has 0 radical (unpaired) electrons. The maximum Gasteiger partial charge on any atom is 0.0919 e. The standard InChI is InChI=1S/C6H14O4/c1-2-6(3-7,4-8)5-10-9/h7-9H,2-5H2,1H3. The third kappa shape index (κ3) is 2.22. The van der Waals surface area contributed by atoms with Gasteiger partial charge in [0.1, 0.15) is 0 Å². The normalized spacial score (nSPS) is 12.0. The summed E-state index contributed by atoms with van der Waals surface area (Å²) in [5.74, 6) is 0. The molecule has 4 nitrogen and oxygen atoms in total. The SMILES string of the molecule is CCC(CO)(CO)COO. The van der Waals surface area contributed by atoms with E-state index in [2.05, 4.69) is 4.89 Å². The van der Waals surface area contributed by atoms with Gasteiger partial charge in [-0.25, -0.2) is 4.89 Å². The van der Waals surface area contributed by atoms with E-state index in [-0.39, 0.29) is 19.8 Å². The van der Waals surface area contributed by atoms with Crippen molar-refractivity contribution in [1.29, 1.82) is 0 Å². The molecule has 0 aliphatic carbocycles. The molecule has 0 amide bonds. The van der Waals surface area contributed by atoms with Crippen LogP contribution >= 0.6 is 0 Å². The lowest BCUT2D eigenvalue weighted by atomic mass is 9.88. The molecule has 0 atom stereocenters. The number of aliphatic hydroxyl groups is 2. The molecule has 0 unspecified atom stereocenters. The molecule has 0 aromatic rings. The second-order valence-electron chi connectivity index (χ2n) is 2.44. The molecule has 0 saturated carbocycles. The van der Waals surface area contributed by atoms with Crippen LogP contribution < -0.4 is 0 Å². The summed E-state index contributed by atoms with van der Waals surface area (Å²) in [6.07, 6.45) is 0.570. The van der Waals surface area contributed by atoms with Gasteiger partial charge in [0, 0.05) is 5.41 Å². The molecule has 0 aliphatic heterocycles. The Bertz CT molecular complexity index is 71.6. The molecular weight excluding hydrogens is 136 g/mol. The number of rotatable bonds is 5. The highest BCUT2D eigenvalue weighted by Crippen LogP contribution is 2.19. The molecule has 0 saturated heterocycles. The average molecular weight is 150 g/mol. The Labute approximate surface area is 60.0 Å². The fraction of sp³-hybridized carbons (Fsp3) is 1.00. The van der Waals surface area contributed by atoms with Crippen molar-refractivity contribution in [2.45, 2.75) is 13.3 Å². The van der Waals surface area contributed by atoms with Crippen LogP contribution in [0.4, 0.5) is 0 Å². The number of aliphatic hydroxyl groups excluding tert-OH is 2. The van der Waals surface area contributed by atoms with Crippen molar-refractivity contribution in [3.05, 3.63) is 0 Å². The quantitative estimate of drug-likeness (QED) is 0.377. The van der Waals surface area contributed by atoms with E-state index in [9.17, 15) is 0 Å². The summed E-state index contributed by atoms with van der Waals surface area (Å²) in [6.45, 7) is 1.42. The minimum atomic E-state index is -0.686. The first-order valence-electron chi connectivity index (χ1n) is 3.23. The highest BCUT2D eigenvalue weighted by Gasteiger charge is 2.26. The minimum Gasteiger partial charge on any atom is -0.396 e. The lowest BCUT2D eigenvalue weighted by molar-refractivity contribution is -0.269. The smallest absolute Gasteiger partial charge is 0.0919 e. The Morgan fingerprint density at radius 1 is 1.30 bits per heavy atom. The zero-order chi connectivity index (χ0) is 8.04. The Kier molecular flexibility index (Phi) is 4.55. The van der Waals surface area contributed by atoms with E-state index in [1.54, 1.807) is 0 Å². The van der Waals surface area contributed by atoms with Crippen molar-refractivity contribution >= 4 is 0 Å². The van der Waals surface area contributed by atoms with Gasteiger partial charge in [0.2, 0.25) is 0 Å². The Morgan fingerprint density at radius 2 is 1.80 bits per heavy atom. The van der Waals surface area contributed by atoms with Crippen LogP contribution in [0.1, 0.15) is 13.3 Å². The van der Waals surface area contributed by atoms with Crippen LogP contribution in [0.3, 0.4) is 0 Å². The topological polar surface area (TPSA) is 69.9 Å². The number of hydrogen-bond acceptors (Lipinski definition) is 4. The highest BCUT2D eigenvalue weighted by atomic mass is 17.1. The van der Waals surface area contributed by atoms with Gasteiger partial charge in [-0.05, 0) is 6.42 Å². The summed E-state index contributed by atoms with van der Waals surface area (Å²) in [4.78, 5) is 3.86. The molecule has 10 heavy (non-hydrogen) atoms. The summed E-state index contributed by atoms with van der Waals surface area (Å²) in [5.41, 5.74) is -0.686. The van der Waals surface area contributed by atoms with Crippen molar-refractivity contribution in [3.8, 4) is 0 Å². The third-order valence-corrected chi connectivity index (χ3v) is 1.79. The fourth-order valence-electron chi connectivity index (χ4n) is 0.604. The van der Waals surface area contributed by atoms with Gasteiger partial charge in [0.15, 0.2) is 0 Å². The first-order chi connectivity index (χ1) is 4.74. The first kappa shape index (κ1) is 9.84. The van der Waals surface area contributed by atoms with Crippen LogP contribution in [0.2, 0.25) is 0 Å². The average Bonchev–Trinajstić information content (AvgIpc) is 2.01. The van der Waals surface area contributed by atoms with Crippen molar-refractivity contribution in [3.63, 3.8) is 0 Å². The van der Waals surface area contributed by atoms with E-state index in [0.717, 1.165) is 0 Å². The van der Waals surface area contributed by atoms with Gasteiger partial charge in [-0.15, -0.1) is 0 Å². The minimum absolute atomic E-state index is 0.0312.